The molecule has 1 N–H and O–H groups in total. The van der Waals surface area contributed by atoms with Crippen LogP contribution in [0.1, 0.15) is 11.6 Å². The van der Waals surface area contributed by atoms with Crippen molar-refractivity contribution in [3.63, 3.8) is 0 Å². The van der Waals surface area contributed by atoms with Gasteiger partial charge in [0.15, 0.2) is 0 Å². The van der Waals surface area contributed by atoms with Crippen LogP contribution in [0.5, 0.6) is 0 Å². The van der Waals surface area contributed by atoms with E-state index in [4.69, 9.17) is 5.53 Å². The minimum Gasteiger partial charge on any atom is -0.382 e. The first-order valence-corrected chi connectivity index (χ1v) is 5.06. The van der Waals surface area contributed by atoms with Crippen molar-refractivity contribution in [2.75, 3.05) is 14.1 Å². The molecule has 0 spiro atoms. The fraction of sp³-hybridized carbons (Fsp3) is 0.364. The minimum atomic E-state index is -1.37. The van der Waals surface area contributed by atoms with Crippen LogP contribution in [0.3, 0.4) is 0 Å². The van der Waals surface area contributed by atoms with Gasteiger partial charge in [-0.25, -0.2) is 0 Å². The molecule has 90 valence electrons. The van der Waals surface area contributed by atoms with Gasteiger partial charge in [-0.1, -0.05) is 35.4 Å². The van der Waals surface area contributed by atoms with Gasteiger partial charge in [0.2, 0.25) is 0 Å². The second-order valence-electron chi connectivity index (χ2n) is 3.74. The lowest BCUT2D eigenvalue weighted by molar-refractivity contribution is -0.138. The van der Waals surface area contributed by atoms with Crippen LogP contribution in [0, 0.1) is 0 Å². The first kappa shape index (κ1) is 13.0. The van der Waals surface area contributed by atoms with Crippen molar-refractivity contribution >= 4 is 5.91 Å². The molecule has 0 bridgehead atoms. The van der Waals surface area contributed by atoms with E-state index in [9.17, 15) is 9.90 Å². The van der Waals surface area contributed by atoms with E-state index < -0.39 is 18.1 Å². The quantitative estimate of drug-likeness (QED) is 0.485. The van der Waals surface area contributed by atoms with Gasteiger partial charge >= 0.3 is 0 Å². The van der Waals surface area contributed by atoms with Crippen LogP contribution in [0.25, 0.3) is 10.4 Å². The molecule has 1 aromatic carbocycles. The Morgan fingerprint density at radius 1 is 1.41 bits per heavy atom. The van der Waals surface area contributed by atoms with E-state index >= 15 is 0 Å². The Balaban J connectivity index is 3.02. The second kappa shape index (κ2) is 5.89. The summed E-state index contributed by atoms with van der Waals surface area (Å²) in [6, 6.07) is 7.80. The Kier molecular flexibility index (Phi) is 4.51. The van der Waals surface area contributed by atoms with Crippen molar-refractivity contribution in [1.29, 1.82) is 0 Å². The number of aliphatic hydroxyl groups excluding tert-OH is 1. The van der Waals surface area contributed by atoms with Crippen LogP contribution in [-0.4, -0.2) is 36.1 Å². The summed E-state index contributed by atoms with van der Waals surface area (Å²) in [5, 5.41) is 13.4. The van der Waals surface area contributed by atoms with Crippen LogP contribution in [0.2, 0.25) is 0 Å². The van der Waals surface area contributed by atoms with E-state index in [0.29, 0.717) is 5.56 Å². The fourth-order valence-electron chi connectivity index (χ4n) is 1.42. The van der Waals surface area contributed by atoms with Gasteiger partial charge in [-0.2, -0.15) is 0 Å². The molecule has 0 fully saturated rings. The highest BCUT2D eigenvalue weighted by atomic mass is 16.3. The monoisotopic (exact) mass is 234 g/mol. The summed E-state index contributed by atoms with van der Waals surface area (Å²) in [4.78, 5) is 15.6. The second-order valence-corrected chi connectivity index (χ2v) is 3.74. The van der Waals surface area contributed by atoms with E-state index in [-0.39, 0.29) is 0 Å². The van der Waals surface area contributed by atoms with Crippen molar-refractivity contribution in [1.82, 2.24) is 4.90 Å². The normalized spacial score (nSPS) is 13.4. The summed E-state index contributed by atoms with van der Waals surface area (Å²) in [6.07, 6.45) is -1.37. The van der Waals surface area contributed by atoms with Crippen molar-refractivity contribution in [3.05, 3.63) is 46.3 Å². The number of azide groups is 1. The lowest BCUT2D eigenvalue weighted by atomic mass is 10.0. The Hall–Kier alpha value is -2.04. The first-order chi connectivity index (χ1) is 8.07. The van der Waals surface area contributed by atoms with Crippen LogP contribution < -0.4 is 0 Å². The third-order valence-corrected chi connectivity index (χ3v) is 2.31. The van der Waals surface area contributed by atoms with E-state index in [0.717, 1.165) is 0 Å². The van der Waals surface area contributed by atoms with Gasteiger partial charge in [0.25, 0.3) is 5.91 Å². The van der Waals surface area contributed by atoms with Gasteiger partial charge < -0.3 is 10.0 Å². The smallest absolute Gasteiger partial charge is 0.251 e. The van der Waals surface area contributed by atoms with Gasteiger partial charge in [-0.05, 0) is 11.1 Å². The number of benzene rings is 1. The molecule has 0 radical (unpaired) electrons. The SMILES string of the molecule is CN(C)C(=O)[C@H](O)[C@H](N=[N+]=[N-])c1ccccc1. The van der Waals surface area contributed by atoms with Gasteiger partial charge in [0, 0.05) is 19.0 Å². The number of hydrogen-bond acceptors (Lipinski definition) is 3. The predicted octanol–water partition coefficient (Wildman–Crippen LogP) is 1.49. The van der Waals surface area contributed by atoms with Crippen molar-refractivity contribution in [2.24, 2.45) is 5.11 Å². The third-order valence-electron chi connectivity index (χ3n) is 2.31. The van der Waals surface area contributed by atoms with Crippen LogP contribution >= 0.6 is 0 Å². The molecule has 2 atom stereocenters. The van der Waals surface area contributed by atoms with E-state index in [1.807, 2.05) is 0 Å². The average Bonchev–Trinajstić information content (AvgIpc) is 2.35. The number of aliphatic hydroxyl groups is 1. The minimum absolute atomic E-state index is 0.494. The van der Waals surface area contributed by atoms with Crippen molar-refractivity contribution < 1.29 is 9.90 Å². The van der Waals surface area contributed by atoms with E-state index in [2.05, 4.69) is 10.0 Å². The summed E-state index contributed by atoms with van der Waals surface area (Å²) in [5.74, 6) is -0.494. The average molecular weight is 234 g/mol. The molecule has 1 rings (SSSR count). The molecule has 0 aliphatic heterocycles. The zero-order valence-electron chi connectivity index (χ0n) is 9.69. The largest absolute Gasteiger partial charge is 0.382 e. The maximum atomic E-state index is 11.6. The lowest BCUT2D eigenvalue weighted by Gasteiger charge is -2.21. The molecular formula is C11H14N4O2. The number of amides is 1. The molecular weight excluding hydrogens is 220 g/mol. The highest BCUT2D eigenvalue weighted by Crippen LogP contribution is 2.22. The Labute approximate surface area is 99.1 Å². The third kappa shape index (κ3) is 3.21. The molecule has 17 heavy (non-hydrogen) atoms. The number of hydrogen-bond donors (Lipinski definition) is 1. The summed E-state index contributed by atoms with van der Waals surface area (Å²) in [6.45, 7) is 0. The molecule has 1 aromatic rings. The molecule has 0 saturated heterocycles. The summed E-state index contributed by atoms with van der Waals surface area (Å²) in [7, 11) is 3.06. The standard InChI is InChI=1S/C11H14N4O2/c1-15(2)11(17)10(16)9(13-14-12)8-6-4-3-5-7-8/h3-7,9-10,16H,1-2H3/t9-,10-/m1/s1. The Morgan fingerprint density at radius 2 is 2.00 bits per heavy atom. The lowest BCUT2D eigenvalue weighted by Crippen LogP contribution is -2.37. The van der Waals surface area contributed by atoms with Crippen LogP contribution in [-0.2, 0) is 4.79 Å². The van der Waals surface area contributed by atoms with Crippen LogP contribution in [0.15, 0.2) is 35.4 Å². The Morgan fingerprint density at radius 3 is 2.47 bits per heavy atom. The fourth-order valence-corrected chi connectivity index (χ4v) is 1.42. The number of nitrogens with zero attached hydrogens (tertiary/aromatic N) is 4. The van der Waals surface area contributed by atoms with Crippen molar-refractivity contribution in [3.8, 4) is 0 Å². The van der Waals surface area contributed by atoms with Gasteiger partial charge in [-0.15, -0.1) is 0 Å². The molecule has 0 unspecified atom stereocenters. The topological polar surface area (TPSA) is 89.3 Å². The molecule has 6 heteroatoms. The zero-order valence-corrected chi connectivity index (χ0v) is 9.69. The molecule has 6 nitrogen and oxygen atoms in total. The molecule has 0 aliphatic rings. The van der Waals surface area contributed by atoms with Gasteiger partial charge in [0.1, 0.15) is 6.10 Å². The highest BCUT2D eigenvalue weighted by molar-refractivity contribution is 5.81. The summed E-state index contributed by atoms with van der Waals surface area (Å²) in [5.41, 5.74) is 9.09. The van der Waals surface area contributed by atoms with Crippen LogP contribution in [0.4, 0.5) is 0 Å². The van der Waals surface area contributed by atoms with E-state index in [1.165, 1.54) is 19.0 Å². The predicted molar refractivity (Wildman–Crippen MR) is 63.0 cm³/mol. The first-order valence-electron chi connectivity index (χ1n) is 5.06. The summed E-state index contributed by atoms with van der Waals surface area (Å²) >= 11 is 0. The van der Waals surface area contributed by atoms with Gasteiger partial charge in [-0.3, -0.25) is 4.79 Å². The molecule has 1 amide bonds. The summed E-state index contributed by atoms with van der Waals surface area (Å²) < 4.78 is 0. The number of carbonyl (C=O) groups is 1. The number of likely N-dealkylation sites (N-methyl/N-ethyl adjacent to an activating group) is 1. The van der Waals surface area contributed by atoms with Crippen molar-refractivity contribution in [2.45, 2.75) is 12.1 Å². The maximum absolute atomic E-state index is 11.6. The zero-order chi connectivity index (χ0) is 12.8. The maximum Gasteiger partial charge on any atom is 0.251 e. The molecule has 0 aromatic heterocycles. The highest BCUT2D eigenvalue weighted by Gasteiger charge is 2.27. The number of carbonyl (C=O) groups excluding carboxylic acids is 1. The van der Waals surface area contributed by atoms with Gasteiger partial charge in [0.05, 0.1) is 6.04 Å². The Bertz CT molecular complexity index is 426. The molecule has 0 heterocycles. The van der Waals surface area contributed by atoms with E-state index in [1.54, 1.807) is 30.3 Å². The molecule has 0 aliphatic carbocycles. The number of rotatable bonds is 4. The molecule has 0 saturated carbocycles.